The molecule has 2 heterocycles. The number of carbonyl (C=O) groups is 3. The van der Waals surface area contributed by atoms with E-state index in [4.69, 9.17) is 9.47 Å². The fraction of sp³-hybridized carbons (Fsp3) is 0.393. The molecular weight excluding hydrogens is 476 g/mol. The Morgan fingerprint density at radius 1 is 0.972 bits per heavy atom. The Bertz CT molecular complexity index is 1150. The maximum atomic E-state index is 12.9. The van der Waals surface area contributed by atoms with Crippen molar-refractivity contribution in [3.05, 3.63) is 64.6 Å². The predicted molar refractivity (Wildman–Crippen MR) is 141 cm³/mol. The van der Waals surface area contributed by atoms with Crippen molar-refractivity contribution < 1.29 is 23.9 Å². The number of hydrogen-bond donors (Lipinski definition) is 0. The van der Waals surface area contributed by atoms with Gasteiger partial charge in [-0.3, -0.25) is 19.3 Å². The second-order valence-corrected chi connectivity index (χ2v) is 10.9. The molecule has 0 unspecified atom stereocenters. The second kappa shape index (κ2) is 11.2. The molecule has 0 spiro atoms. The van der Waals surface area contributed by atoms with E-state index in [1.54, 1.807) is 11.0 Å². The lowest BCUT2D eigenvalue weighted by Gasteiger charge is -2.19. The Morgan fingerprint density at radius 2 is 1.64 bits per heavy atom. The number of ether oxygens (including phenoxy) is 2. The molecule has 0 aliphatic carbocycles. The van der Waals surface area contributed by atoms with Gasteiger partial charge in [0.1, 0.15) is 31.3 Å². The van der Waals surface area contributed by atoms with Crippen molar-refractivity contribution in [2.75, 3.05) is 32.8 Å². The average molecular weight is 509 g/mol. The van der Waals surface area contributed by atoms with Crippen molar-refractivity contribution in [2.24, 2.45) is 0 Å². The molecule has 2 aromatic carbocycles. The van der Waals surface area contributed by atoms with Gasteiger partial charge >= 0.3 is 0 Å². The van der Waals surface area contributed by atoms with Gasteiger partial charge < -0.3 is 14.4 Å². The van der Waals surface area contributed by atoms with E-state index in [2.05, 4.69) is 32.9 Å². The van der Waals surface area contributed by atoms with Gasteiger partial charge in [0.2, 0.25) is 5.91 Å². The van der Waals surface area contributed by atoms with E-state index in [9.17, 15) is 14.4 Å². The summed E-state index contributed by atoms with van der Waals surface area (Å²) >= 11 is 0.846. The van der Waals surface area contributed by atoms with Gasteiger partial charge in [0.25, 0.3) is 11.1 Å². The number of rotatable bonds is 8. The Morgan fingerprint density at radius 3 is 2.33 bits per heavy atom. The molecule has 2 aliphatic heterocycles. The number of nitrogens with zero attached hydrogens (tertiary/aromatic N) is 2. The Hall–Kier alpha value is -3.26. The number of thioether (sulfide) groups is 1. The van der Waals surface area contributed by atoms with E-state index in [1.165, 1.54) is 5.56 Å². The van der Waals surface area contributed by atoms with Crippen molar-refractivity contribution in [3.63, 3.8) is 0 Å². The summed E-state index contributed by atoms with van der Waals surface area (Å²) in [4.78, 5) is 40.8. The molecule has 8 heteroatoms. The molecule has 2 aliphatic rings. The SMILES string of the molecule is CC(C)(C)c1ccc(OCCOc2ccccc2/C=C2\SC(=O)N(CC(=O)N3CCCC3)C2=O)cc1. The lowest BCUT2D eigenvalue weighted by atomic mass is 9.87. The van der Waals surface area contributed by atoms with Crippen LogP contribution in [-0.4, -0.2) is 59.7 Å². The predicted octanol–water partition coefficient (Wildman–Crippen LogP) is 5.10. The number of carbonyl (C=O) groups excluding carboxylic acids is 3. The highest BCUT2D eigenvalue weighted by Crippen LogP contribution is 2.34. The third-order valence-corrected chi connectivity index (χ3v) is 7.07. The summed E-state index contributed by atoms with van der Waals surface area (Å²) in [5.41, 5.74) is 2.01. The third-order valence-electron chi connectivity index (χ3n) is 6.16. The highest BCUT2D eigenvalue weighted by Gasteiger charge is 2.37. The largest absolute Gasteiger partial charge is 0.490 e. The molecule has 2 aromatic rings. The lowest BCUT2D eigenvalue weighted by molar-refractivity contribution is -0.135. The number of para-hydroxylation sites is 1. The molecule has 0 aromatic heterocycles. The summed E-state index contributed by atoms with van der Waals surface area (Å²) < 4.78 is 11.7. The Balaban J connectivity index is 1.34. The van der Waals surface area contributed by atoms with Crippen LogP contribution in [0.3, 0.4) is 0 Å². The number of benzene rings is 2. The van der Waals surface area contributed by atoms with Crippen molar-refractivity contribution in [2.45, 2.75) is 39.0 Å². The molecule has 3 amide bonds. The molecule has 2 saturated heterocycles. The average Bonchev–Trinajstić information content (AvgIpc) is 3.48. The first-order valence-electron chi connectivity index (χ1n) is 12.2. The van der Waals surface area contributed by atoms with E-state index in [1.807, 2.05) is 36.4 Å². The van der Waals surface area contributed by atoms with E-state index in [-0.39, 0.29) is 22.8 Å². The number of hydrogen-bond acceptors (Lipinski definition) is 6. The van der Waals surface area contributed by atoms with Crippen LogP contribution in [0.1, 0.15) is 44.7 Å². The minimum absolute atomic E-state index is 0.0872. The summed E-state index contributed by atoms with van der Waals surface area (Å²) in [5, 5.41) is -0.428. The lowest BCUT2D eigenvalue weighted by Crippen LogP contribution is -2.40. The minimum Gasteiger partial charge on any atom is -0.490 e. The first-order chi connectivity index (χ1) is 17.2. The molecule has 0 N–H and O–H groups in total. The normalized spacial score (nSPS) is 17.2. The zero-order valence-electron chi connectivity index (χ0n) is 21.0. The van der Waals surface area contributed by atoms with Crippen LogP contribution in [0.4, 0.5) is 4.79 Å². The van der Waals surface area contributed by atoms with Crippen molar-refractivity contribution in [3.8, 4) is 11.5 Å². The van der Waals surface area contributed by atoms with Crippen LogP contribution in [0.25, 0.3) is 6.08 Å². The number of amides is 3. The molecule has 0 atom stereocenters. The van der Waals surface area contributed by atoms with Crippen LogP contribution in [0.15, 0.2) is 53.4 Å². The van der Waals surface area contributed by atoms with Crippen molar-refractivity contribution in [1.29, 1.82) is 0 Å². The van der Waals surface area contributed by atoms with Crippen molar-refractivity contribution >= 4 is 34.9 Å². The molecule has 2 fully saturated rings. The minimum atomic E-state index is -0.450. The van der Waals surface area contributed by atoms with E-state index >= 15 is 0 Å². The Kier molecular flexibility index (Phi) is 8.04. The molecule has 190 valence electrons. The summed E-state index contributed by atoms with van der Waals surface area (Å²) in [6.07, 6.45) is 3.56. The molecule has 4 rings (SSSR count). The van der Waals surface area contributed by atoms with E-state index in [0.717, 1.165) is 35.3 Å². The number of imide groups is 1. The van der Waals surface area contributed by atoms with Gasteiger partial charge in [-0.1, -0.05) is 51.1 Å². The van der Waals surface area contributed by atoms with Crippen molar-refractivity contribution in [1.82, 2.24) is 9.80 Å². The summed E-state index contributed by atoms with van der Waals surface area (Å²) in [6.45, 7) is 8.33. The smallest absolute Gasteiger partial charge is 0.294 e. The van der Waals surface area contributed by atoms with Gasteiger partial charge in [-0.25, -0.2) is 0 Å². The third kappa shape index (κ3) is 6.29. The molecule has 7 nitrogen and oxygen atoms in total. The monoisotopic (exact) mass is 508 g/mol. The first-order valence-corrected chi connectivity index (χ1v) is 13.0. The van der Waals surface area contributed by atoms with Crippen LogP contribution in [0, 0.1) is 0 Å². The van der Waals surface area contributed by atoms with Gasteiger partial charge in [0.05, 0.1) is 4.91 Å². The highest BCUT2D eigenvalue weighted by atomic mass is 32.2. The zero-order valence-corrected chi connectivity index (χ0v) is 21.8. The van der Waals surface area contributed by atoms with E-state index in [0.29, 0.717) is 37.6 Å². The summed E-state index contributed by atoms with van der Waals surface area (Å²) in [5.74, 6) is 0.725. The fourth-order valence-corrected chi connectivity index (χ4v) is 4.90. The van der Waals surface area contributed by atoms with Gasteiger partial charge in [-0.2, -0.15) is 0 Å². The Labute approximate surface area is 216 Å². The maximum absolute atomic E-state index is 12.9. The summed E-state index contributed by atoms with van der Waals surface area (Å²) in [7, 11) is 0. The molecule has 0 bridgehead atoms. The standard InChI is InChI=1S/C28H32N2O5S/c1-28(2,3)21-10-12-22(13-11-21)34-16-17-35-23-9-5-4-8-20(23)18-24-26(32)30(27(33)36-24)19-25(31)29-14-6-7-15-29/h4-5,8-13,18H,6-7,14-17,19H2,1-3H3/b24-18-. The van der Waals surface area contributed by atoms with Crippen LogP contribution < -0.4 is 9.47 Å². The number of likely N-dealkylation sites (tertiary alicyclic amines) is 1. The highest BCUT2D eigenvalue weighted by molar-refractivity contribution is 8.18. The first kappa shape index (κ1) is 25.8. The van der Waals surface area contributed by atoms with Gasteiger partial charge in [-0.05, 0) is 59.9 Å². The molecule has 36 heavy (non-hydrogen) atoms. The van der Waals surface area contributed by atoms with Crippen LogP contribution in [0.5, 0.6) is 11.5 Å². The van der Waals surface area contributed by atoms with Crippen LogP contribution >= 0.6 is 11.8 Å². The van der Waals surface area contributed by atoms with Gasteiger partial charge in [-0.15, -0.1) is 0 Å². The summed E-state index contributed by atoms with van der Waals surface area (Å²) in [6, 6.07) is 15.4. The zero-order chi connectivity index (χ0) is 25.7. The van der Waals surface area contributed by atoms with E-state index < -0.39 is 11.1 Å². The molecule has 0 radical (unpaired) electrons. The van der Waals surface area contributed by atoms with Gasteiger partial charge in [0, 0.05) is 18.7 Å². The quantitative estimate of drug-likeness (QED) is 0.365. The van der Waals surface area contributed by atoms with Crippen LogP contribution in [-0.2, 0) is 15.0 Å². The van der Waals surface area contributed by atoms with Gasteiger partial charge in [0.15, 0.2) is 0 Å². The second-order valence-electron chi connectivity index (χ2n) is 9.86. The topological polar surface area (TPSA) is 76.2 Å². The fourth-order valence-electron chi connectivity index (χ4n) is 4.07. The van der Waals surface area contributed by atoms with Crippen LogP contribution in [0.2, 0.25) is 0 Å². The molecular formula is C28H32N2O5S. The maximum Gasteiger partial charge on any atom is 0.294 e. The molecule has 0 saturated carbocycles.